The van der Waals surface area contributed by atoms with Crippen LogP contribution in [0.1, 0.15) is 48.1 Å². The lowest BCUT2D eigenvalue weighted by molar-refractivity contribution is -0.162. The summed E-state index contributed by atoms with van der Waals surface area (Å²) in [7, 11) is 0. The van der Waals surface area contributed by atoms with Crippen LogP contribution in [-0.4, -0.2) is 41.1 Å². The number of likely N-dealkylation sites (tertiary alicyclic amines) is 1. The highest BCUT2D eigenvalue weighted by Gasteiger charge is 2.37. The Balaban J connectivity index is -0.00000121. The molecule has 1 aromatic heterocycles. The van der Waals surface area contributed by atoms with Crippen molar-refractivity contribution in [3.05, 3.63) is 30.1 Å². The minimum absolute atomic E-state index is 0. The summed E-state index contributed by atoms with van der Waals surface area (Å²) in [5.41, 5.74) is 0.629. The maximum absolute atomic E-state index is 11.5. The molecular weight excluding hydrogens is 335 g/mol. The second-order valence-corrected chi connectivity index (χ2v) is 5.97. The number of carbonyl (C=O) groups excluding carboxylic acids is 1. The number of unbranched alkanes of at least 4 members (excludes halogenated alkanes) is 1. The van der Waals surface area contributed by atoms with Crippen molar-refractivity contribution in [1.29, 1.82) is 0 Å². The highest BCUT2D eigenvalue weighted by Crippen LogP contribution is 2.30. The lowest BCUT2D eigenvalue weighted by Crippen LogP contribution is -3.00. The molecule has 0 amide bonds. The van der Waals surface area contributed by atoms with Crippen molar-refractivity contribution in [3.8, 4) is 0 Å². The van der Waals surface area contributed by atoms with Gasteiger partial charge in [-0.15, -0.1) is 0 Å². The summed E-state index contributed by atoms with van der Waals surface area (Å²) < 4.78 is 5.73. The van der Waals surface area contributed by atoms with Gasteiger partial charge in [0.05, 0.1) is 0 Å². The summed E-state index contributed by atoms with van der Waals surface area (Å²) in [4.78, 5) is 18.4. The van der Waals surface area contributed by atoms with Crippen molar-refractivity contribution in [3.63, 3.8) is 0 Å². The quantitative estimate of drug-likeness (QED) is 0.507. The average Bonchev–Trinajstić information content (AvgIpc) is 2.47. The summed E-state index contributed by atoms with van der Waals surface area (Å²) >= 11 is 0. The van der Waals surface area contributed by atoms with Gasteiger partial charge in [-0.2, -0.15) is 0 Å². The molecule has 1 aliphatic rings. The fraction of sp³-hybridized carbons (Fsp3) is 0.647. The van der Waals surface area contributed by atoms with Gasteiger partial charge in [0.2, 0.25) is 0 Å². The first-order valence-electron chi connectivity index (χ1n) is 7.95. The van der Waals surface area contributed by atoms with E-state index in [1.807, 2.05) is 18.2 Å². The summed E-state index contributed by atoms with van der Waals surface area (Å²) in [6.07, 6.45) is 6.77. The predicted octanol–water partition coefficient (Wildman–Crippen LogP) is -2.95. The van der Waals surface area contributed by atoms with E-state index in [4.69, 9.17) is 4.74 Å². The van der Waals surface area contributed by atoms with E-state index in [9.17, 15) is 4.79 Å². The van der Waals surface area contributed by atoms with Crippen molar-refractivity contribution in [2.75, 3.05) is 19.6 Å². The summed E-state index contributed by atoms with van der Waals surface area (Å²) in [5, 5.41) is 0. The average molecular weight is 363 g/mol. The van der Waals surface area contributed by atoms with Gasteiger partial charge in [0.25, 0.3) is 0 Å². The highest BCUT2D eigenvalue weighted by molar-refractivity contribution is 5.66. The number of rotatable bonds is 6. The fourth-order valence-corrected chi connectivity index (χ4v) is 3.02. The minimum atomic E-state index is -0.372. The number of piperidine rings is 1. The molecule has 0 saturated carbocycles. The minimum Gasteiger partial charge on any atom is -1.00 e. The van der Waals surface area contributed by atoms with Crippen LogP contribution >= 0.6 is 0 Å². The van der Waals surface area contributed by atoms with Crippen LogP contribution < -0.4 is 24.8 Å². The Bertz CT molecular complexity index is 459. The molecule has 1 aliphatic heterocycles. The fourth-order valence-electron chi connectivity index (χ4n) is 3.02. The maximum atomic E-state index is 11.5. The van der Waals surface area contributed by atoms with Crippen LogP contribution in [0.4, 0.5) is 0 Å². The molecule has 4 nitrogen and oxygen atoms in total. The SMILES string of the molecule is CCCCN1CCC(Cc2ccccn2)(OC(C)=O)CC1.[Cl-].[Cl-].[H+].[H+]. The standard InChI is InChI=1S/C17H26N2O2.2ClH/c1-3-4-11-19-12-8-17(9-13-19,21-15(2)20)14-16-7-5-6-10-18-16;;/h5-7,10H,3-4,8-9,11-14H2,1-2H3;2*1H. The van der Waals surface area contributed by atoms with E-state index in [0.717, 1.165) is 44.6 Å². The molecule has 0 aromatic carbocycles. The monoisotopic (exact) mass is 362 g/mol. The van der Waals surface area contributed by atoms with Crippen LogP contribution in [0.25, 0.3) is 0 Å². The molecule has 2 heterocycles. The Morgan fingerprint density at radius 2 is 2.04 bits per heavy atom. The number of aromatic nitrogens is 1. The largest absolute Gasteiger partial charge is 1.00 e. The molecule has 0 N–H and O–H groups in total. The van der Waals surface area contributed by atoms with E-state index in [2.05, 4.69) is 16.8 Å². The molecule has 6 heteroatoms. The highest BCUT2D eigenvalue weighted by atomic mass is 35.5. The van der Waals surface area contributed by atoms with E-state index in [1.54, 1.807) is 6.20 Å². The van der Waals surface area contributed by atoms with Crippen LogP contribution in [-0.2, 0) is 16.0 Å². The first kappa shape index (κ1) is 22.2. The van der Waals surface area contributed by atoms with Crippen molar-refractivity contribution in [2.45, 2.75) is 51.6 Å². The molecule has 1 fully saturated rings. The van der Waals surface area contributed by atoms with Gasteiger partial charge in [-0.1, -0.05) is 19.4 Å². The predicted molar refractivity (Wildman–Crippen MR) is 85.2 cm³/mol. The number of ether oxygens (including phenoxy) is 1. The lowest BCUT2D eigenvalue weighted by Gasteiger charge is -2.41. The number of esters is 1. The molecule has 0 radical (unpaired) electrons. The topological polar surface area (TPSA) is 42.4 Å². The summed E-state index contributed by atoms with van der Waals surface area (Å²) in [6, 6.07) is 5.91. The third-order valence-electron chi connectivity index (χ3n) is 4.18. The molecule has 132 valence electrons. The second kappa shape index (κ2) is 10.8. The Kier molecular flexibility index (Phi) is 10.4. The number of hydrogen-bond acceptors (Lipinski definition) is 4. The first-order valence-corrected chi connectivity index (χ1v) is 7.95. The lowest BCUT2D eigenvalue weighted by atomic mass is 9.86. The molecule has 0 aliphatic carbocycles. The van der Waals surface area contributed by atoms with Gasteiger partial charge in [0.15, 0.2) is 0 Å². The molecule has 2 rings (SSSR count). The van der Waals surface area contributed by atoms with E-state index in [-0.39, 0.29) is 39.2 Å². The molecule has 1 saturated heterocycles. The van der Waals surface area contributed by atoms with Crippen molar-refractivity contribution < 1.29 is 37.2 Å². The van der Waals surface area contributed by atoms with E-state index in [1.165, 1.54) is 19.8 Å². The van der Waals surface area contributed by atoms with Crippen LogP contribution in [0.5, 0.6) is 0 Å². The zero-order valence-corrected chi connectivity index (χ0v) is 15.4. The van der Waals surface area contributed by atoms with Gasteiger partial charge in [-0.05, 0) is 25.1 Å². The van der Waals surface area contributed by atoms with Gasteiger partial charge in [-0.3, -0.25) is 9.78 Å². The normalized spacial score (nSPS) is 16.8. The first-order chi connectivity index (χ1) is 10.1. The Morgan fingerprint density at radius 1 is 1.35 bits per heavy atom. The Hall–Kier alpha value is -0.840. The number of halogens is 2. The molecule has 23 heavy (non-hydrogen) atoms. The Morgan fingerprint density at radius 3 is 2.57 bits per heavy atom. The molecule has 1 aromatic rings. The van der Waals surface area contributed by atoms with E-state index in [0.29, 0.717) is 0 Å². The Labute approximate surface area is 154 Å². The van der Waals surface area contributed by atoms with E-state index >= 15 is 0 Å². The van der Waals surface area contributed by atoms with Gasteiger partial charge < -0.3 is 34.5 Å². The van der Waals surface area contributed by atoms with Crippen molar-refractivity contribution in [1.82, 2.24) is 9.88 Å². The molecule has 0 spiro atoms. The van der Waals surface area contributed by atoms with Gasteiger partial charge >= 0.3 is 8.82 Å². The molecule has 0 unspecified atom stereocenters. The molecule has 0 atom stereocenters. The van der Waals surface area contributed by atoms with Crippen LogP contribution in [0.3, 0.4) is 0 Å². The number of hydrogen-bond donors (Lipinski definition) is 0. The van der Waals surface area contributed by atoms with Crippen LogP contribution in [0.2, 0.25) is 0 Å². The summed E-state index contributed by atoms with van der Waals surface area (Å²) in [6.45, 7) is 6.87. The van der Waals surface area contributed by atoms with Crippen LogP contribution in [0, 0.1) is 0 Å². The summed E-state index contributed by atoms with van der Waals surface area (Å²) in [5.74, 6) is -0.187. The zero-order valence-electron chi connectivity index (χ0n) is 15.9. The number of pyridine rings is 1. The molecule has 0 bridgehead atoms. The van der Waals surface area contributed by atoms with Gasteiger partial charge in [-0.25, -0.2) is 0 Å². The molecular formula is C17H28Cl2N2O2. The maximum Gasteiger partial charge on any atom is 1.00 e. The van der Waals surface area contributed by atoms with Crippen LogP contribution in [0.15, 0.2) is 24.4 Å². The second-order valence-electron chi connectivity index (χ2n) is 5.97. The smallest absolute Gasteiger partial charge is 1.00 e. The van der Waals surface area contributed by atoms with Gasteiger partial charge in [0, 0.05) is 51.2 Å². The van der Waals surface area contributed by atoms with Crippen molar-refractivity contribution in [2.24, 2.45) is 0 Å². The third kappa shape index (κ3) is 7.06. The zero-order chi connectivity index (χ0) is 15.1. The van der Waals surface area contributed by atoms with Crippen molar-refractivity contribution >= 4 is 5.97 Å². The third-order valence-corrected chi connectivity index (χ3v) is 4.18. The number of carbonyl (C=O) groups is 1. The van der Waals surface area contributed by atoms with E-state index < -0.39 is 0 Å². The number of nitrogens with zero attached hydrogens (tertiary/aromatic N) is 2. The van der Waals surface area contributed by atoms with Gasteiger partial charge in [0.1, 0.15) is 5.60 Å².